The SMILES string of the molecule is CNS(=O)(=O)c1ccccc1NC(=O)C(C)C. The number of benzene rings is 1. The van der Waals surface area contributed by atoms with Crippen LogP contribution >= 0.6 is 0 Å². The molecule has 0 heterocycles. The number of anilines is 1. The van der Waals surface area contributed by atoms with Gasteiger partial charge in [-0.2, -0.15) is 0 Å². The van der Waals surface area contributed by atoms with Crippen LogP contribution in [-0.2, 0) is 14.8 Å². The first-order valence-corrected chi connectivity index (χ1v) is 6.70. The van der Waals surface area contributed by atoms with Crippen LogP contribution in [0, 0.1) is 5.92 Å². The Morgan fingerprint density at radius 1 is 1.24 bits per heavy atom. The highest BCUT2D eigenvalue weighted by atomic mass is 32.2. The highest BCUT2D eigenvalue weighted by Gasteiger charge is 2.18. The van der Waals surface area contributed by atoms with E-state index in [1.807, 2.05) is 0 Å². The molecule has 94 valence electrons. The zero-order chi connectivity index (χ0) is 13.1. The first-order chi connectivity index (χ1) is 7.88. The summed E-state index contributed by atoms with van der Waals surface area (Å²) in [5.74, 6) is -0.427. The van der Waals surface area contributed by atoms with Crippen LogP contribution in [0.15, 0.2) is 29.2 Å². The largest absolute Gasteiger partial charge is 0.325 e. The van der Waals surface area contributed by atoms with Gasteiger partial charge in [0.2, 0.25) is 15.9 Å². The third-order valence-corrected chi connectivity index (χ3v) is 3.70. The second kappa shape index (κ2) is 5.29. The van der Waals surface area contributed by atoms with Gasteiger partial charge in [-0.15, -0.1) is 0 Å². The van der Waals surface area contributed by atoms with E-state index in [4.69, 9.17) is 0 Å². The van der Waals surface area contributed by atoms with Gasteiger partial charge < -0.3 is 5.32 Å². The molecule has 0 spiro atoms. The second-order valence-corrected chi connectivity index (χ2v) is 5.70. The maximum atomic E-state index is 11.7. The average molecular weight is 256 g/mol. The van der Waals surface area contributed by atoms with Gasteiger partial charge in [0.25, 0.3) is 0 Å². The minimum Gasteiger partial charge on any atom is -0.325 e. The van der Waals surface area contributed by atoms with E-state index in [2.05, 4.69) is 10.0 Å². The van der Waals surface area contributed by atoms with E-state index in [9.17, 15) is 13.2 Å². The highest BCUT2D eigenvalue weighted by Crippen LogP contribution is 2.20. The van der Waals surface area contributed by atoms with Gasteiger partial charge in [0, 0.05) is 5.92 Å². The van der Waals surface area contributed by atoms with E-state index in [0.717, 1.165) is 0 Å². The fraction of sp³-hybridized carbons (Fsp3) is 0.364. The first kappa shape index (κ1) is 13.7. The molecule has 0 radical (unpaired) electrons. The molecule has 6 heteroatoms. The summed E-state index contributed by atoms with van der Waals surface area (Å²) in [7, 11) is -2.24. The van der Waals surface area contributed by atoms with Crippen molar-refractivity contribution in [2.45, 2.75) is 18.7 Å². The van der Waals surface area contributed by atoms with Crippen LogP contribution in [0.2, 0.25) is 0 Å². The van der Waals surface area contributed by atoms with Crippen LogP contribution in [0.4, 0.5) is 5.69 Å². The van der Waals surface area contributed by atoms with Crippen LogP contribution in [0.5, 0.6) is 0 Å². The molecule has 1 aromatic rings. The fourth-order valence-corrected chi connectivity index (χ4v) is 2.08. The summed E-state index contributed by atoms with van der Waals surface area (Å²) in [6.45, 7) is 3.48. The summed E-state index contributed by atoms with van der Waals surface area (Å²) in [5, 5.41) is 2.59. The number of hydrogen-bond donors (Lipinski definition) is 2. The third kappa shape index (κ3) is 3.28. The summed E-state index contributed by atoms with van der Waals surface area (Å²) in [4.78, 5) is 11.6. The van der Waals surface area contributed by atoms with Crippen molar-refractivity contribution in [1.82, 2.24) is 4.72 Å². The van der Waals surface area contributed by atoms with Crippen LogP contribution < -0.4 is 10.0 Å². The van der Waals surface area contributed by atoms with Crippen molar-refractivity contribution in [3.63, 3.8) is 0 Å². The quantitative estimate of drug-likeness (QED) is 0.849. The molecule has 0 bridgehead atoms. The van der Waals surface area contributed by atoms with Gasteiger partial charge in [-0.25, -0.2) is 13.1 Å². The Morgan fingerprint density at radius 2 is 1.82 bits per heavy atom. The molecule has 2 N–H and O–H groups in total. The second-order valence-electron chi connectivity index (χ2n) is 3.85. The molecule has 1 aromatic carbocycles. The first-order valence-electron chi connectivity index (χ1n) is 5.22. The van der Waals surface area contributed by atoms with E-state index in [-0.39, 0.29) is 16.7 Å². The van der Waals surface area contributed by atoms with Gasteiger partial charge in [0.05, 0.1) is 5.69 Å². The lowest BCUT2D eigenvalue weighted by Crippen LogP contribution is -2.23. The van der Waals surface area contributed by atoms with Crippen LogP contribution in [0.25, 0.3) is 0 Å². The molecule has 0 fully saturated rings. The van der Waals surface area contributed by atoms with Gasteiger partial charge in [-0.05, 0) is 19.2 Å². The van der Waals surface area contributed by atoms with E-state index >= 15 is 0 Å². The number of nitrogens with one attached hydrogen (secondary N) is 2. The highest BCUT2D eigenvalue weighted by molar-refractivity contribution is 7.89. The Bertz CT molecular complexity index is 509. The molecule has 0 saturated carbocycles. The van der Waals surface area contributed by atoms with Crippen molar-refractivity contribution in [2.24, 2.45) is 5.92 Å². The zero-order valence-corrected chi connectivity index (χ0v) is 10.8. The number of carbonyl (C=O) groups excluding carboxylic acids is 1. The standard InChI is InChI=1S/C11H16N2O3S/c1-8(2)11(14)13-9-6-4-5-7-10(9)17(15,16)12-3/h4-8,12H,1-3H3,(H,13,14). The van der Waals surface area contributed by atoms with Crippen molar-refractivity contribution in [3.05, 3.63) is 24.3 Å². The summed E-state index contributed by atoms with van der Waals surface area (Å²) >= 11 is 0. The monoisotopic (exact) mass is 256 g/mol. The predicted molar refractivity (Wildman–Crippen MR) is 66.2 cm³/mol. The number of hydrogen-bond acceptors (Lipinski definition) is 3. The van der Waals surface area contributed by atoms with Gasteiger partial charge in [-0.3, -0.25) is 4.79 Å². The number of rotatable bonds is 4. The topological polar surface area (TPSA) is 75.3 Å². The molecule has 0 saturated heterocycles. The number of para-hydroxylation sites is 1. The van der Waals surface area contributed by atoms with E-state index < -0.39 is 10.0 Å². The summed E-state index contributed by atoms with van der Waals surface area (Å²) in [5.41, 5.74) is 0.292. The molecule has 0 aliphatic rings. The van der Waals surface area contributed by atoms with Crippen LogP contribution in [0.1, 0.15) is 13.8 Å². The third-order valence-electron chi connectivity index (χ3n) is 2.23. The summed E-state index contributed by atoms with van der Waals surface area (Å²) < 4.78 is 25.6. The fourth-order valence-electron chi connectivity index (χ4n) is 1.19. The average Bonchev–Trinajstić information content (AvgIpc) is 2.29. The Balaban J connectivity index is 3.14. The van der Waals surface area contributed by atoms with Crippen molar-refractivity contribution in [2.75, 3.05) is 12.4 Å². The Kier molecular flexibility index (Phi) is 4.25. The van der Waals surface area contributed by atoms with Crippen molar-refractivity contribution < 1.29 is 13.2 Å². The van der Waals surface area contributed by atoms with Crippen molar-refractivity contribution in [3.8, 4) is 0 Å². The molecule has 0 aliphatic carbocycles. The van der Waals surface area contributed by atoms with E-state index in [0.29, 0.717) is 5.69 Å². The summed E-state index contributed by atoms with van der Waals surface area (Å²) in [6.07, 6.45) is 0. The molecule has 1 rings (SSSR count). The smallest absolute Gasteiger partial charge is 0.242 e. The molecular weight excluding hydrogens is 240 g/mol. The Hall–Kier alpha value is -1.40. The molecule has 0 aliphatic heterocycles. The predicted octanol–water partition coefficient (Wildman–Crippen LogP) is 1.19. The number of carbonyl (C=O) groups is 1. The molecule has 0 unspecified atom stereocenters. The molecule has 0 aromatic heterocycles. The van der Waals surface area contributed by atoms with Crippen molar-refractivity contribution in [1.29, 1.82) is 0 Å². The minimum atomic E-state index is -3.56. The Morgan fingerprint density at radius 3 is 2.35 bits per heavy atom. The Labute approximate surface area is 101 Å². The molecule has 17 heavy (non-hydrogen) atoms. The van der Waals surface area contributed by atoms with Crippen molar-refractivity contribution >= 4 is 21.6 Å². The maximum Gasteiger partial charge on any atom is 0.242 e. The lowest BCUT2D eigenvalue weighted by molar-refractivity contribution is -0.118. The zero-order valence-electron chi connectivity index (χ0n) is 10.0. The molecule has 5 nitrogen and oxygen atoms in total. The maximum absolute atomic E-state index is 11.7. The van der Waals surface area contributed by atoms with Gasteiger partial charge in [0.1, 0.15) is 4.90 Å². The van der Waals surface area contributed by atoms with Crippen LogP contribution in [0.3, 0.4) is 0 Å². The summed E-state index contributed by atoms with van der Waals surface area (Å²) in [6, 6.07) is 6.28. The van der Waals surface area contributed by atoms with E-state index in [1.54, 1.807) is 32.0 Å². The normalized spacial score (nSPS) is 11.5. The van der Waals surface area contributed by atoms with Crippen LogP contribution in [-0.4, -0.2) is 21.4 Å². The number of sulfonamides is 1. The molecule has 1 amide bonds. The lowest BCUT2D eigenvalue weighted by Gasteiger charge is -2.12. The molecule has 0 atom stereocenters. The lowest BCUT2D eigenvalue weighted by atomic mass is 10.2. The van der Waals surface area contributed by atoms with Gasteiger partial charge in [-0.1, -0.05) is 26.0 Å². The molecular formula is C11H16N2O3S. The van der Waals surface area contributed by atoms with E-state index in [1.165, 1.54) is 13.1 Å². The van der Waals surface area contributed by atoms with Gasteiger partial charge >= 0.3 is 0 Å². The number of amides is 1. The minimum absolute atomic E-state index is 0.0662. The van der Waals surface area contributed by atoms with Gasteiger partial charge in [0.15, 0.2) is 0 Å².